The van der Waals surface area contributed by atoms with Gasteiger partial charge in [0, 0.05) is 12.1 Å². The van der Waals surface area contributed by atoms with Gasteiger partial charge in [-0.1, -0.05) is 36.5 Å². The van der Waals surface area contributed by atoms with Gasteiger partial charge in [-0.3, -0.25) is 0 Å². The van der Waals surface area contributed by atoms with Crippen LogP contribution in [0.15, 0.2) is 12.1 Å². The molecule has 0 aliphatic carbocycles. The van der Waals surface area contributed by atoms with Gasteiger partial charge in [0.2, 0.25) is 0 Å². The van der Waals surface area contributed by atoms with Crippen molar-refractivity contribution < 1.29 is 17.7 Å². The summed E-state index contributed by atoms with van der Waals surface area (Å²) < 4.78 is 27.8. The summed E-state index contributed by atoms with van der Waals surface area (Å²) in [4.78, 5) is 0. The first-order valence-corrected chi connectivity index (χ1v) is 7.29. The fraction of sp³-hybridized carbons (Fsp3) is 0.400. The highest BCUT2D eigenvalue weighted by Crippen LogP contribution is 2.36. The Kier molecular flexibility index (Phi) is 4.91. The maximum atomic E-state index is 11.5. The Morgan fingerprint density at radius 3 is 2.29 bits per heavy atom. The molecule has 0 saturated carbocycles. The molecule has 4 nitrogen and oxygen atoms in total. The van der Waals surface area contributed by atoms with E-state index in [2.05, 4.69) is 0 Å². The monoisotopic (exact) mass is 298 g/mol. The molecule has 0 amide bonds. The van der Waals surface area contributed by atoms with Crippen molar-refractivity contribution in [3.8, 4) is 11.5 Å². The predicted molar refractivity (Wildman–Crippen MR) is 67.4 cm³/mol. The minimum absolute atomic E-state index is 0.00565. The lowest BCUT2D eigenvalue weighted by atomic mass is 10.3. The van der Waals surface area contributed by atoms with Gasteiger partial charge in [0.1, 0.15) is 5.75 Å². The molecule has 0 aromatic heterocycles. The minimum Gasteiger partial charge on any atom is -0.505 e. The van der Waals surface area contributed by atoms with Crippen molar-refractivity contribution in [2.24, 2.45) is 0 Å². The first-order chi connectivity index (χ1) is 7.85. The molecule has 1 rings (SSSR count). The van der Waals surface area contributed by atoms with Crippen molar-refractivity contribution in [1.29, 1.82) is 0 Å². The zero-order chi connectivity index (χ0) is 13.1. The lowest BCUT2D eigenvalue weighted by Crippen LogP contribution is -2.13. The molecule has 1 aromatic carbocycles. The lowest BCUT2D eigenvalue weighted by Gasteiger charge is -2.08. The minimum atomic E-state index is -3.64. The lowest BCUT2D eigenvalue weighted by molar-refractivity contribution is 0.468. The van der Waals surface area contributed by atoms with E-state index in [0.29, 0.717) is 6.42 Å². The Bertz CT molecular complexity index is 476. The first-order valence-electron chi connectivity index (χ1n) is 4.96. The van der Waals surface area contributed by atoms with E-state index in [1.54, 1.807) is 0 Å². The van der Waals surface area contributed by atoms with Crippen molar-refractivity contribution >= 4 is 33.3 Å². The summed E-state index contributed by atoms with van der Waals surface area (Å²) >= 11 is 11.3. The maximum Gasteiger partial charge on any atom is 0.309 e. The van der Waals surface area contributed by atoms with E-state index >= 15 is 0 Å². The highest BCUT2D eigenvalue weighted by Gasteiger charge is 2.15. The van der Waals surface area contributed by atoms with Crippen LogP contribution in [0.5, 0.6) is 11.5 Å². The Morgan fingerprint density at radius 1 is 1.29 bits per heavy atom. The van der Waals surface area contributed by atoms with E-state index in [0.717, 1.165) is 6.42 Å². The van der Waals surface area contributed by atoms with Crippen LogP contribution in [0.1, 0.15) is 19.8 Å². The van der Waals surface area contributed by atoms with Gasteiger partial charge in [-0.2, -0.15) is 8.42 Å². The summed E-state index contributed by atoms with van der Waals surface area (Å²) in [5.41, 5.74) is 0. The van der Waals surface area contributed by atoms with E-state index in [1.165, 1.54) is 12.1 Å². The Balaban J connectivity index is 2.89. The Labute approximate surface area is 110 Å². The number of unbranched alkanes of at least 4 members (excludes halogenated alkanes) is 1. The molecule has 0 atom stereocenters. The molecular formula is C10H12Cl2O4S. The smallest absolute Gasteiger partial charge is 0.309 e. The fourth-order valence-electron chi connectivity index (χ4n) is 1.10. The van der Waals surface area contributed by atoms with Gasteiger partial charge in [0.05, 0.1) is 15.8 Å². The molecule has 0 aliphatic rings. The van der Waals surface area contributed by atoms with Gasteiger partial charge in [0.15, 0.2) is 5.75 Å². The fourth-order valence-corrected chi connectivity index (χ4v) is 2.68. The third-order valence-electron chi connectivity index (χ3n) is 1.96. The molecule has 7 heteroatoms. The summed E-state index contributed by atoms with van der Waals surface area (Å²) in [6.45, 7) is 1.88. The van der Waals surface area contributed by atoms with Crippen LogP contribution in [-0.4, -0.2) is 19.3 Å². The van der Waals surface area contributed by atoms with Gasteiger partial charge in [0.25, 0.3) is 0 Å². The van der Waals surface area contributed by atoms with E-state index in [1.807, 2.05) is 6.92 Å². The molecule has 0 fully saturated rings. The normalized spacial score (nSPS) is 11.5. The van der Waals surface area contributed by atoms with Crippen LogP contribution in [0, 0.1) is 0 Å². The SMILES string of the molecule is CCCCS(=O)(=O)Oc1cc(Cl)c(O)c(Cl)c1. The van der Waals surface area contributed by atoms with Crippen LogP contribution in [-0.2, 0) is 10.1 Å². The van der Waals surface area contributed by atoms with Crippen LogP contribution < -0.4 is 4.18 Å². The molecule has 17 heavy (non-hydrogen) atoms. The molecular weight excluding hydrogens is 287 g/mol. The summed E-state index contributed by atoms with van der Waals surface area (Å²) in [5.74, 6) is -0.375. The van der Waals surface area contributed by atoms with Crippen LogP contribution in [0.25, 0.3) is 0 Å². The average molecular weight is 299 g/mol. The van der Waals surface area contributed by atoms with Crippen molar-refractivity contribution in [1.82, 2.24) is 0 Å². The second-order valence-corrected chi connectivity index (χ2v) is 5.94. The molecule has 1 N–H and O–H groups in total. The third-order valence-corrected chi connectivity index (χ3v) is 3.77. The van der Waals surface area contributed by atoms with E-state index in [9.17, 15) is 13.5 Å². The molecule has 96 valence electrons. The van der Waals surface area contributed by atoms with Crippen molar-refractivity contribution in [2.75, 3.05) is 5.75 Å². The van der Waals surface area contributed by atoms with Crippen molar-refractivity contribution in [2.45, 2.75) is 19.8 Å². The van der Waals surface area contributed by atoms with E-state index in [4.69, 9.17) is 27.4 Å². The summed E-state index contributed by atoms with van der Waals surface area (Å²) in [6, 6.07) is 2.40. The van der Waals surface area contributed by atoms with Gasteiger partial charge < -0.3 is 9.29 Å². The van der Waals surface area contributed by atoms with Crippen LogP contribution in [0.3, 0.4) is 0 Å². The number of hydrogen-bond donors (Lipinski definition) is 1. The number of rotatable bonds is 5. The molecule has 0 radical (unpaired) electrons. The highest BCUT2D eigenvalue weighted by molar-refractivity contribution is 7.87. The zero-order valence-electron chi connectivity index (χ0n) is 9.11. The summed E-state index contributed by atoms with van der Waals surface area (Å²) in [7, 11) is -3.64. The summed E-state index contributed by atoms with van der Waals surface area (Å²) in [6.07, 6.45) is 1.27. The Morgan fingerprint density at radius 2 is 1.82 bits per heavy atom. The van der Waals surface area contributed by atoms with Gasteiger partial charge in [-0.25, -0.2) is 0 Å². The van der Waals surface area contributed by atoms with Crippen LogP contribution >= 0.6 is 23.2 Å². The predicted octanol–water partition coefficient (Wildman–Crippen LogP) is 3.21. The topological polar surface area (TPSA) is 63.6 Å². The number of benzene rings is 1. The number of phenols is 1. The molecule has 0 unspecified atom stereocenters. The van der Waals surface area contributed by atoms with E-state index < -0.39 is 10.1 Å². The molecule has 0 aliphatic heterocycles. The quantitative estimate of drug-likeness (QED) is 0.848. The first kappa shape index (κ1) is 14.4. The van der Waals surface area contributed by atoms with Gasteiger partial charge >= 0.3 is 10.1 Å². The average Bonchev–Trinajstić information content (AvgIpc) is 2.22. The molecule has 0 heterocycles. The molecule has 0 bridgehead atoms. The number of phenolic OH excluding ortho intramolecular Hbond substituents is 1. The van der Waals surface area contributed by atoms with Crippen LogP contribution in [0.2, 0.25) is 10.0 Å². The Hall–Kier alpha value is -0.650. The highest BCUT2D eigenvalue weighted by atomic mass is 35.5. The van der Waals surface area contributed by atoms with Crippen molar-refractivity contribution in [3.63, 3.8) is 0 Å². The molecule has 0 saturated heterocycles. The van der Waals surface area contributed by atoms with Gasteiger partial charge in [-0.15, -0.1) is 0 Å². The van der Waals surface area contributed by atoms with E-state index in [-0.39, 0.29) is 27.3 Å². The number of halogens is 2. The van der Waals surface area contributed by atoms with Crippen molar-refractivity contribution in [3.05, 3.63) is 22.2 Å². The number of hydrogen-bond acceptors (Lipinski definition) is 4. The second kappa shape index (κ2) is 5.80. The second-order valence-electron chi connectivity index (χ2n) is 3.43. The van der Waals surface area contributed by atoms with Crippen LogP contribution in [0.4, 0.5) is 0 Å². The van der Waals surface area contributed by atoms with Gasteiger partial charge in [-0.05, 0) is 6.42 Å². The largest absolute Gasteiger partial charge is 0.505 e. The standard InChI is InChI=1S/C10H12Cl2O4S/c1-2-3-4-17(14,15)16-7-5-8(11)10(13)9(12)6-7/h5-6,13H,2-4H2,1H3. The summed E-state index contributed by atoms with van der Waals surface area (Å²) in [5, 5.41) is 9.19. The number of aromatic hydroxyl groups is 1. The third kappa shape index (κ3) is 4.26. The molecule has 1 aromatic rings. The maximum absolute atomic E-state index is 11.5. The zero-order valence-corrected chi connectivity index (χ0v) is 11.4. The molecule has 0 spiro atoms.